The van der Waals surface area contributed by atoms with Crippen LogP contribution in [0.15, 0.2) is 29.2 Å². The third kappa shape index (κ3) is 5.03. The van der Waals surface area contributed by atoms with Gasteiger partial charge in [0.05, 0.1) is 0 Å². The molecule has 0 aliphatic heterocycles. The quantitative estimate of drug-likeness (QED) is 0.731. The zero-order valence-corrected chi connectivity index (χ0v) is 14.9. The average Bonchev–Trinajstić information content (AvgIpc) is 2.48. The summed E-state index contributed by atoms with van der Waals surface area (Å²) in [6.45, 7) is 10.3. The van der Waals surface area contributed by atoms with Crippen molar-refractivity contribution >= 4 is 11.8 Å². The van der Waals surface area contributed by atoms with Crippen LogP contribution < -0.4 is 5.32 Å². The van der Waals surface area contributed by atoms with E-state index in [4.69, 9.17) is 0 Å². The van der Waals surface area contributed by atoms with Gasteiger partial charge in [-0.15, -0.1) is 11.8 Å². The largest absolute Gasteiger partial charge is 0.313 e. The third-order valence-corrected chi connectivity index (χ3v) is 6.26. The Bertz CT molecular complexity index is 414. The van der Waals surface area contributed by atoms with Crippen LogP contribution in [-0.2, 0) is 0 Å². The standard InChI is InChI=1S/C19H31NS/c1-5-20-19(17-9-8-15(3)16(4)12-17)13-21-18-10-6-14(2)7-11-18/h6-7,10-11,15-17,19-20H,5,8-9,12-13H2,1-4H3. The smallest absolute Gasteiger partial charge is 0.0189 e. The van der Waals surface area contributed by atoms with E-state index < -0.39 is 0 Å². The third-order valence-electron chi connectivity index (χ3n) is 5.12. The molecule has 1 aromatic carbocycles. The van der Waals surface area contributed by atoms with E-state index >= 15 is 0 Å². The van der Waals surface area contributed by atoms with Gasteiger partial charge >= 0.3 is 0 Å². The van der Waals surface area contributed by atoms with Crippen molar-refractivity contribution in [3.05, 3.63) is 29.8 Å². The van der Waals surface area contributed by atoms with Gasteiger partial charge in [0.25, 0.3) is 0 Å². The van der Waals surface area contributed by atoms with Crippen molar-refractivity contribution in [1.29, 1.82) is 0 Å². The number of benzene rings is 1. The van der Waals surface area contributed by atoms with Crippen LogP contribution in [0, 0.1) is 24.7 Å². The Morgan fingerprint density at radius 3 is 2.48 bits per heavy atom. The Hall–Kier alpha value is -0.470. The van der Waals surface area contributed by atoms with Gasteiger partial charge in [-0.2, -0.15) is 0 Å². The Morgan fingerprint density at radius 2 is 1.86 bits per heavy atom. The molecule has 0 amide bonds. The van der Waals surface area contributed by atoms with Crippen LogP contribution in [0.25, 0.3) is 0 Å². The molecule has 0 heterocycles. The highest BCUT2D eigenvalue weighted by molar-refractivity contribution is 7.99. The molecule has 1 aromatic rings. The van der Waals surface area contributed by atoms with Crippen LogP contribution in [0.3, 0.4) is 0 Å². The second-order valence-electron chi connectivity index (χ2n) is 6.82. The van der Waals surface area contributed by atoms with Crippen molar-refractivity contribution < 1.29 is 0 Å². The first kappa shape index (κ1) is 16.9. The molecular weight excluding hydrogens is 274 g/mol. The fourth-order valence-corrected chi connectivity index (χ4v) is 4.49. The highest BCUT2D eigenvalue weighted by Gasteiger charge is 2.29. The van der Waals surface area contributed by atoms with Gasteiger partial charge in [-0.05, 0) is 56.2 Å². The molecule has 1 nitrogen and oxygen atoms in total. The zero-order valence-electron chi connectivity index (χ0n) is 14.1. The summed E-state index contributed by atoms with van der Waals surface area (Å²) in [5.41, 5.74) is 1.35. The van der Waals surface area contributed by atoms with Gasteiger partial charge in [0.2, 0.25) is 0 Å². The Kier molecular flexibility index (Phi) is 6.63. The van der Waals surface area contributed by atoms with Crippen LogP contribution in [0.4, 0.5) is 0 Å². The second kappa shape index (κ2) is 8.24. The predicted molar refractivity (Wildman–Crippen MR) is 95.0 cm³/mol. The SMILES string of the molecule is CCNC(CSc1ccc(C)cc1)C1CCC(C)C(C)C1. The van der Waals surface area contributed by atoms with Crippen LogP contribution >= 0.6 is 11.8 Å². The summed E-state index contributed by atoms with van der Waals surface area (Å²) in [7, 11) is 0. The van der Waals surface area contributed by atoms with Crippen molar-refractivity contribution in [3.63, 3.8) is 0 Å². The molecule has 1 fully saturated rings. The maximum atomic E-state index is 3.75. The number of aryl methyl sites for hydroxylation is 1. The van der Waals surface area contributed by atoms with E-state index in [0.717, 1.165) is 24.3 Å². The van der Waals surface area contributed by atoms with Gasteiger partial charge < -0.3 is 5.32 Å². The van der Waals surface area contributed by atoms with E-state index in [0.29, 0.717) is 6.04 Å². The number of hydrogen-bond acceptors (Lipinski definition) is 2. The molecule has 0 spiro atoms. The molecule has 21 heavy (non-hydrogen) atoms. The molecule has 0 radical (unpaired) electrons. The van der Waals surface area contributed by atoms with Crippen LogP contribution in [0.2, 0.25) is 0 Å². The van der Waals surface area contributed by atoms with Crippen LogP contribution in [0.5, 0.6) is 0 Å². The summed E-state index contributed by atoms with van der Waals surface area (Å²) in [5.74, 6) is 3.85. The molecule has 4 unspecified atom stereocenters. The number of rotatable bonds is 6. The van der Waals surface area contributed by atoms with Crippen molar-refractivity contribution in [1.82, 2.24) is 5.32 Å². The van der Waals surface area contributed by atoms with Gasteiger partial charge in [0.1, 0.15) is 0 Å². The number of nitrogens with one attached hydrogen (secondary N) is 1. The molecule has 0 saturated heterocycles. The van der Waals surface area contributed by atoms with E-state index in [2.05, 4.69) is 57.3 Å². The first-order valence-corrected chi connectivity index (χ1v) is 9.51. The van der Waals surface area contributed by atoms with Crippen LogP contribution in [0.1, 0.15) is 45.6 Å². The number of thioether (sulfide) groups is 1. The second-order valence-corrected chi connectivity index (χ2v) is 7.91. The molecular formula is C19H31NS. The monoisotopic (exact) mass is 305 g/mol. The fraction of sp³-hybridized carbons (Fsp3) is 0.684. The predicted octanol–water partition coefficient (Wildman–Crippen LogP) is 5.14. The average molecular weight is 306 g/mol. The fourth-order valence-electron chi connectivity index (χ4n) is 3.40. The maximum absolute atomic E-state index is 3.75. The molecule has 118 valence electrons. The first-order chi connectivity index (χ1) is 10.1. The molecule has 0 aromatic heterocycles. The lowest BCUT2D eigenvalue weighted by atomic mass is 9.73. The van der Waals surface area contributed by atoms with Crippen molar-refractivity contribution in [2.24, 2.45) is 17.8 Å². The topological polar surface area (TPSA) is 12.0 Å². The Labute approximate surface area is 135 Å². The summed E-state index contributed by atoms with van der Waals surface area (Å²) in [6.07, 6.45) is 4.20. The zero-order chi connectivity index (χ0) is 15.2. The molecule has 4 atom stereocenters. The Balaban J connectivity index is 1.91. The lowest BCUT2D eigenvalue weighted by Crippen LogP contribution is -2.41. The Morgan fingerprint density at radius 1 is 1.14 bits per heavy atom. The van der Waals surface area contributed by atoms with Crippen molar-refractivity contribution in [2.75, 3.05) is 12.3 Å². The maximum Gasteiger partial charge on any atom is 0.0189 e. The van der Waals surface area contributed by atoms with E-state index in [-0.39, 0.29) is 0 Å². The molecule has 1 aliphatic rings. The van der Waals surface area contributed by atoms with Gasteiger partial charge in [0.15, 0.2) is 0 Å². The van der Waals surface area contributed by atoms with Gasteiger partial charge in [-0.1, -0.05) is 44.9 Å². The van der Waals surface area contributed by atoms with E-state index in [1.54, 1.807) is 0 Å². The molecule has 2 rings (SSSR count). The molecule has 2 heteroatoms. The highest BCUT2D eigenvalue weighted by atomic mass is 32.2. The lowest BCUT2D eigenvalue weighted by molar-refractivity contribution is 0.179. The summed E-state index contributed by atoms with van der Waals surface area (Å²) in [4.78, 5) is 1.40. The van der Waals surface area contributed by atoms with Crippen molar-refractivity contribution in [3.8, 4) is 0 Å². The molecule has 1 N–H and O–H groups in total. The van der Waals surface area contributed by atoms with E-state index in [1.807, 2.05) is 11.8 Å². The van der Waals surface area contributed by atoms with Gasteiger partial charge in [0, 0.05) is 16.7 Å². The van der Waals surface area contributed by atoms with Crippen molar-refractivity contribution in [2.45, 2.75) is 57.9 Å². The molecule has 0 bridgehead atoms. The lowest BCUT2D eigenvalue weighted by Gasteiger charge is -2.37. The summed E-state index contributed by atoms with van der Waals surface area (Å²) >= 11 is 2.01. The first-order valence-electron chi connectivity index (χ1n) is 8.53. The summed E-state index contributed by atoms with van der Waals surface area (Å²) in [5, 5.41) is 3.75. The van der Waals surface area contributed by atoms with Gasteiger partial charge in [-0.25, -0.2) is 0 Å². The van der Waals surface area contributed by atoms with Crippen LogP contribution in [-0.4, -0.2) is 18.3 Å². The minimum Gasteiger partial charge on any atom is -0.313 e. The highest BCUT2D eigenvalue weighted by Crippen LogP contribution is 2.36. The summed E-state index contributed by atoms with van der Waals surface area (Å²) in [6, 6.07) is 9.61. The van der Waals surface area contributed by atoms with E-state index in [1.165, 1.54) is 35.5 Å². The summed E-state index contributed by atoms with van der Waals surface area (Å²) < 4.78 is 0. The van der Waals surface area contributed by atoms with E-state index in [9.17, 15) is 0 Å². The van der Waals surface area contributed by atoms with Gasteiger partial charge in [-0.3, -0.25) is 0 Å². The molecule has 1 saturated carbocycles. The minimum atomic E-state index is 0.663. The number of hydrogen-bond donors (Lipinski definition) is 1. The normalized spacial score (nSPS) is 27.5. The molecule has 1 aliphatic carbocycles. The minimum absolute atomic E-state index is 0.663.